The van der Waals surface area contributed by atoms with Gasteiger partial charge in [0.15, 0.2) is 0 Å². The minimum Gasteiger partial charge on any atom is -0.399 e. The Morgan fingerprint density at radius 3 is 2.86 bits per heavy atom. The number of morpholine rings is 1. The third kappa shape index (κ3) is 2.65. The van der Waals surface area contributed by atoms with E-state index in [1.165, 1.54) is 16.4 Å². The van der Waals surface area contributed by atoms with E-state index >= 15 is 0 Å². The Bertz CT molecular complexity index is 633. The Balaban J connectivity index is 1.98. The van der Waals surface area contributed by atoms with Gasteiger partial charge in [0.05, 0.1) is 18.8 Å². The van der Waals surface area contributed by atoms with E-state index in [-0.39, 0.29) is 29.3 Å². The van der Waals surface area contributed by atoms with E-state index in [1.54, 1.807) is 0 Å². The van der Waals surface area contributed by atoms with Crippen molar-refractivity contribution in [2.75, 3.05) is 18.9 Å². The summed E-state index contributed by atoms with van der Waals surface area (Å²) >= 11 is 0. The Kier molecular flexibility index (Phi) is 3.90. The molecule has 1 aliphatic heterocycles. The van der Waals surface area contributed by atoms with E-state index in [1.807, 2.05) is 0 Å². The van der Waals surface area contributed by atoms with Gasteiger partial charge in [-0.05, 0) is 31.0 Å². The lowest BCUT2D eigenvalue weighted by molar-refractivity contribution is -0.0586. The Labute approximate surface area is 123 Å². The molecule has 0 radical (unpaired) electrons. The van der Waals surface area contributed by atoms with Crippen LogP contribution in [0.5, 0.6) is 0 Å². The molecule has 1 saturated carbocycles. The smallest absolute Gasteiger partial charge is 0.246 e. The fraction of sp³-hybridized carbons (Fsp3) is 0.571. The molecule has 1 aliphatic carbocycles. The molecule has 2 unspecified atom stereocenters. The molecule has 0 spiro atoms. The van der Waals surface area contributed by atoms with Gasteiger partial charge in [-0.3, -0.25) is 0 Å². The molecular weight excluding hydrogens is 295 g/mol. The number of hydrogen-bond donors (Lipinski definition) is 1. The van der Waals surface area contributed by atoms with E-state index < -0.39 is 15.8 Å². The lowest BCUT2D eigenvalue weighted by atomic mass is 9.91. The second kappa shape index (κ2) is 5.55. The average Bonchev–Trinajstić information content (AvgIpc) is 2.49. The summed E-state index contributed by atoms with van der Waals surface area (Å²) in [5.41, 5.74) is 5.85. The minimum atomic E-state index is -3.89. The van der Waals surface area contributed by atoms with Crippen molar-refractivity contribution in [2.24, 2.45) is 0 Å². The van der Waals surface area contributed by atoms with Crippen LogP contribution >= 0.6 is 0 Å². The molecule has 5 nitrogen and oxygen atoms in total. The molecule has 2 N–H and O–H groups in total. The number of anilines is 1. The molecule has 3 rings (SSSR count). The highest BCUT2D eigenvalue weighted by Crippen LogP contribution is 2.33. The monoisotopic (exact) mass is 314 g/mol. The highest BCUT2D eigenvalue weighted by molar-refractivity contribution is 7.89. The summed E-state index contributed by atoms with van der Waals surface area (Å²) < 4.78 is 46.6. The lowest BCUT2D eigenvalue weighted by Gasteiger charge is -2.42. The normalized spacial score (nSPS) is 27.3. The van der Waals surface area contributed by atoms with Gasteiger partial charge in [-0.1, -0.05) is 12.8 Å². The summed E-state index contributed by atoms with van der Waals surface area (Å²) in [6.07, 6.45) is 3.55. The third-order valence-electron chi connectivity index (χ3n) is 4.22. The lowest BCUT2D eigenvalue weighted by Crippen LogP contribution is -2.54. The van der Waals surface area contributed by atoms with Crippen molar-refractivity contribution in [3.63, 3.8) is 0 Å². The van der Waals surface area contributed by atoms with Crippen LogP contribution in [-0.2, 0) is 14.8 Å². The van der Waals surface area contributed by atoms with E-state index in [4.69, 9.17) is 10.5 Å². The maximum atomic E-state index is 14.0. The molecule has 1 aromatic rings. The van der Waals surface area contributed by atoms with Crippen LogP contribution in [0.25, 0.3) is 0 Å². The van der Waals surface area contributed by atoms with Crippen molar-refractivity contribution in [3.05, 3.63) is 24.0 Å². The number of hydrogen-bond acceptors (Lipinski definition) is 4. The second-order valence-corrected chi connectivity index (χ2v) is 7.43. The number of benzene rings is 1. The number of nitrogens with two attached hydrogens (primary N) is 1. The van der Waals surface area contributed by atoms with Crippen LogP contribution in [-0.4, -0.2) is 38.0 Å². The first-order valence-corrected chi connectivity index (χ1v) is 8.62. The molecule has 21 heavy (non-hydrogen) atoms. The van der Waals surface area contributed by atoms with Gasteiger partial charge < -0.3 is 10.5 Å². The van der Waals surface area contributed by atoms with Gasteiger partial charge in [0.1, 0.15) is 10.7 Å². The molecule has 2 fully saturated rings. The fourth-order valence-electron chi connectivity index (χ4n) is 3.20. The zero-order valence-corrected chi connectivity index (χ0v) is 12.5. The minimum absolute atomic E-state index is 0.0774. The molecule has 0 bridgehead atoms. The summed E-state index contributed by atoms with van der Waals surface area (Å²) in [6, 6.07) is 3.45. The predicted molar refractivity (Wildman–Crippen MR) is 76.7 cm³/mol. The summed E-state index contributed by atoms with van der Waals surface area (Å²) in [4.78, 5) is -0.339. The van der Waals surface area contributed by atoms with Gasteiger partial charge in [-0.15, -0.1) is 0 Å². The third-order valence-corrected chi connectivity index (χ3v) is 6.16. The highest BCUT2D eigenvalue weighted by atomic mass is 32.2. The SMILES string of the molecule is Nc1ccc(F)c(S(=O)(=O)N2CCOC3CCCCC32)c1. The maximum Gasteiger partial charge on any atom is 0.246 e. The topological polar surface area (TPSA) is 72.6 Å². The Hall–Kier alpha value is -1.18. The van der Waals surface area contributed by atoms with E-state index in [9.17, 15) is 12.8 Å². The Morgan fingerprint density at radius 1 is 1.29 bits per heavy atom. The summed E-state index contributed by atoms with van der Waals surface area (Å²) in [5, 5.41) is 0. The summed E-state index contributed by atoms with van der Waals surface area (Å²) in [5.74, 6) is -0.761. The van der Waals surface area contributed by atoms with Gasteiger partial charge >= 0.3 is 0 Å². The number of nitrogens with zero attached hydrogens (tertiary/aromatic N) is 1. The number of nitrogen functional groups attached to an aromatic ring is 1. The molecule has 116 valence electrons. The maximum absolute atomic E-state index is 14.0. The van der Waals surface area contributed by atoms with Crippen LogP contribution in [0.3, 0.4) is 0 Å². The molecule has 1 heterocycles. The van der Waals surface area contributed by atoms with Gasteiger partial charge in [-0.2, -0.15) is 4.31 Å². The predicted octanol–water partition coefficient (Wildman–Crippen LogP) is 1.74. The molecule has 0 amide bonds. The molecule has 2 aliphatic rings. The first-order valence-electron chi connectivity index (χ1n) is 7.18. The van der Waals surface area contributed by atoms with Crippen LogP contribution in [0.15, 0.2) is 23.1 Å². The van der Waals surface area contributed by atoms with Crippen LogP contribution in [0.4, 0.5) is 10.1 Å². The number of halogens is 1. The number of ether oxygens (including phenoxy) is 1. The quantitative estimate of drug-likeness (QED) is 0.844. The fourth-order valence-corrected chi connectivity index (χ4v) is 4.97. The second-order valence-electron chi connectivity index (χ2n) is 5.57. The van der Waals surface area contributed by atoms with E-state index in [2.05, 4.69) is 0 Å². The van der Waals surface area contributed by atoms with Crippen LogP contribution in [0.1, 0.15) is 25.7 Å². The highest BCUT2D eigenvalue weighted by Gasteiger charge is 2.41. The standard InChI is InChI=1S/C14H19FN2O3S/c15-11-6-5-10(16)9-14(11)21(18,19)17-7-8-20-13-4-2-1-3-12(13)17/h5-6,9,12-13H,1-4,7-8,16H2. The van der Waals surface area contributed by atoms with Gasteiger partial charge in [-0.25, -0.2) is 12.8 Å². The van der Waals surface area contributed by atoms with Crippen molar-refractivity contribution in [2.45, 2.75) is 42.7 Å². The molecule has 2 atom stereocenters. The van der Waals surface area contributed by atoms with Crippen LogP contribution in [0, 0.1) is 5.82 Å². The molecule has 1 aromatic carbocycles. The van der Waals surface area contributed by atoms with Crippen LogP contribution < -0.4 is 5.73 Å². The number of sulfonamides is 1. The van der Waals surface area contributed by atoms with E-state index in [0.29, 0.717) is 6.61 Å². The molecular formula is C14H19FN2O3S. The molecule has 7 heteroatoms. The summed E-state index contributed by atoms with van der Waals surface area (Å²) in [7, 11) is -3.89. The van der Waals surface area contributed by atoms with Crippen molar-refractivity contribution >= 4 is 15.7 Å². The first-order chi connectivity index (χ1) is 10.00. The van der Waals surface area contributed by atoms with Gasteiger partial charge in [0.25, 0.3) is 0 Å². The largest absolute Gasteiger partial charge is 0.399 e. The van der Waals surface area contributed by atoms with Gasteiger partial charge in [0, 0.05) is 12.2 Å². The van der Waals surface area contributed by atoms with Crippen molar-refractivity contribution in [1.29, 1.82) is 0 Å². The van der Waals surface area contributed by atoms with Crippen molar-refractivity contribution in [3.8, 4) is 0 Å². The van der Waals surface area contributed by atoms with Crippen molar-refractivity contribution < 1.29 is 17.5 Å². The first kappa shape index (κ1) is 14.7. The van der Waals surface area contributed by atoms with Crippen LogP contribution in [0.2, 0.25) is 0 Å². The molecule has 0 aromatic heterocycles. The number of rotatable bonds is 2. The van der Waals surface area contributed by atoms with Gasteiger partial charge in [0.2, 0.25) is 10.0 Å². The summed E-state index contributed by atoms with van der Waals surface area (Å²) in [6.45, 7) is 0.613. The average molecular weight is 314 g/mol. The number of fused-ring (bicyclic) bond motifs is 1. The zero-order valence-electron chi connectivity index (χ0n) is 11.7. The van der Waals surface area contributed by atoms with Crippen molar-refractivity contribution in [1.82, 2.24) is 4.31 Å². The van der Waals surface area contributed by atoms with E-state index in [0.717, 1.165) is 31.7 Å². The zero-order chi connectivity index (χ0) is 15.0. The Morgan fingerprint density at radius 2 is 2.05 bits per heavy atom. The molecule has 1 saturated heterocycles.